The van der Waals surface area contributed by atoms with Gasteiger partial charge in [-0.05, 0) is 44.4 Å². The van der Waals surface area contributed by atoms with Crippen LogP contribution in [0.4, 0.5) is 4.39 Å². The van der Waals surface area contributed by atoms with E-state index in [1.165, 1.54) is 11.6 Å². The fourth-order valence-corrected chi connectivity index (χ4v) is 2.73. The molecule has 0 amide bonds. The predicted octanol–water partition coefficient (Wildman–Crippen LogP) is 4.12. The Morgan fingerprint density at radius 3 is 3.06 bits per heavy atom. The Bertz CT molecular complexity index is 622. The summed E-state index contributed by atoms with van der Waals surface area (Å²) in [5.41, 5.74) is 2.73. The first-order chi connectivity index (χ1) is 8.22. The lowest BCUT2D eigenvalue weighted by atomic mass is 10.2. The standard InChI is InChI=1S/C12H8BrFN2S/c13-8-4-10-11(5-9(8)14)16-12(15-10)3-7-1-2-17-6-7/h1-2,4-6H,3H2,(H,15,16). The highest BCUT2D eigenvalue weighted by Crippen LogP contribution is 2.22. The molecule has 1 N–H and O–H groups in total. The number of rotatable bonds is 2. The van der Waals surface area contributed by atoms with Gasteiger partial charge in [-0.15, -0.1) is 0 Å². The smallest absolute Gasteiger partial charge is 0.139 e. The average Bonchev–Trinajstić information content (AvgIpc) is 2.89. The first-order valence-corrected chi connectivity index (χ1v) is 6.80. The number of aromatic amines is 1. The van der Waals surface area contributed by atoms with Gasteiger partial charge in [0, 0.05) is 12.5 Å². The second-order valence-electron chi connectivity index (χ2n) is 3.78. The van der Waals surface area contributed by atoms with E-state index in [0.29, 0.717) is 4.47 Å². The maximum atomic E-state index is 13.3. The zero-order valence-corrected chi connectivity index (χ0v) is 11.1. The Morgan fingerprint density at radius 1 is 1.41 bits per heavy atom. The molecule has 5 heteroatoms. The van der Waals surface area contributed by atoms with Crippen LogP contribution in [0.3, 0.4) is 0 Å². The van der Waals surface area contributed by atoms with Crippen LogP contribution in [0.1, 0.15) is 11.4 Å². The summed E-state index contributed by atoms with van der Waals surface area (Å²) in [7, 11) is 0. The van der Waals surface area contributed by atoms with Crippen LogP contribution in [-0.4, -0.2) is 9.97 Å². The molecule has 3 aromatic rings. The molecule has 0 spiro atoms. The van der Waals surface area contributed by atoms with Gasteiger partial charge in [0.05, 0.1) is 15.5 Å². The Hall–Kier alpha value is -1.20. The number of imidazole rings is 1. The summed E-state index contributed by atoms with van der Waals surface area (Å²) < 4.78 is 13.8. The minimum absolute atomic E-state index is 0.275. The summed E-state index contributed by atoms with van der Waals surface area (Å²) in [6.07, 6.45) is 0.747. The number of hydrogen-bond acceptors (Lipinski definition) is 2. The van der Waals surface area contributed by atoms with Crippen molar-refractivity contribution in [3.63, 3.8) is 0 Å². The number of fused-ring (bicyclic) bond motifs is 1. The number of thiophene rings is 1. The molecule has 3 rings (SSSR count). The van der Waals surface area contributed by atoms with Crippen LogP contribution in [0.15, 0.2) is 33.4 Å². The molecule has 0 unspecified atom stereocenters. The van der Waals surface area contributed by atoms with Crippen LogP contribution in [0.25, 0.3) is 11.0 Å². The lowest BCUT2D eigenvalue weighted by Gasteiger charge is -1.92. The van der Waals surface area contributed by atoms with E-state index in [-0.39, 0.29) is 5.82 Å². The third-order valence-electron chi connectivity index (χ3n) is 2.52. The second-order valence-corrected chi connectivity index (χ2v) is 5.41. The van der Waals surface area contributed by atoms with Gasteiger partial charge in [-0.25, -0.2) is 9.37 Å². The summed E-state index contributed by atoms with van der Waals surface area (Å²) in [5.74, 6) is 0.583. The highest BCUT2D eigenvalue weighted by molar-refractivity contribution is 9.10. The van der Waals surface area contributed by atoms with Gasteiger partial charge in [-0.1, -0.05) is 0 Å². The molecule has 2 heterocycles. The summed E-state index contributed by atoms with van der Waals surface area (Å²) in [5, 5.41) is 4.12. The monoisotopic (exact) mass is 310 g/mol. The lowest BCUT2D eigenvalue weighted by Crippen LogP contribution is -1.87. The van der Waals surface area contributed by atoms with Crippen LogP contribution in [0.5, 0.6) is 0 Å². The van der Waals surface area contributed by atoms with Crippen molar-refractivity contribution in [1.82, 2.24) is 9.97 Å². The molecule has 0 aliphatic rings. The number of aromatic nitrogens is 2. The maximum absolute atomic E-state index is 13.3. The molecule has 0 bridgehead atoms. The number of halogens is 2. The molecule has 0 radical (unpaired) electrons. The third kappa shape index (κ3) is 2.12. The van der Waals surface area contributed by atoms with Crippen molar-refractivity contribution in [3.05, 3.63) is 50.6 Å². The quantitative estimate of drug-likeness (QED) is 0.758. The molecule has 86 valence electrons. The van der Waals surface area contributed by atoms with E-state index in [2.05, 4.69) is 37.3 Å². The van der Waals surface area contributed by atoms with Crippen LogP contribution < -0.4 is 0 Å². The Kier molecular flexibility index (Phi) is 2.72. The molecular weight excluding hydrogens is 303 g/mol. The maximum Gasteiger partial charge on any atom is 0.139 e. The van der Waals surface area contributed by atoms with E-state index < -0.39 is 0 Å². The fourth-order valence-electron chi connectivity index (χ4n) is 1.73. The molecule has 0 aliphatic heterocycles. The average molecular weight is 311 g/mol. The number of H-pyrrole nitrogens is 1. The fraction of sp³-hybridized carbons (Fsp3) is 0.0833. The molecular formula is C12H8BrFN2S. The minimum atomic E-state index is -0.275. The second kappa shape index (κ2) is 4.23. The van der Waals surface area contributed by atoms with Crippen LogP contribution >= 0.6 is 27.3 Å². The van der Waals surface area contributed by atoms with E-state index >= 15 is 0 Å². The SMILES string of the molecule is Fc1cc2[nH]c(Cc3ccsc3)nc2cc1Br. The van der Waals surface area contributed by atoms with Gasteiger partial charge in [0.15, 0.2) is 0 Å². The van der Waals surface area contributed by atoms with Gasteiger partial charge < -0.3 is 4.98 Å². The van der Waals surface area contributed by atoms with Crippen LogP contribution in [0, 0.1) is 5.82 Å². The Morgan fingerprint density at radius 2 is 2.29 bits per heavy atom. The third-order valence-corrected chi connectivity index (χ3v) is 3.86. The van der Waals surface area contributed by atoms with Crippen molar-refractivity contribution >= 4 is 38.3 Å². The number of nitrogens with zero attached hydrogens (tertiary/aromatic N) is 1. The van der Waals surface area contributed by atoms with Gasteiger partial charge in [0.25, 0.3) is 0 Å². The first kappa shape index (κ1) is 10.9. The lowest BCUT2D eigenvalue weighted by molar-refractivity contribution is 0.623. The van der Waals surface area contributed by atoms with Gasteiger partial charge >= 0.3 is 0 Å². The summed E-state index contributed by atoms with van der Waals surface area (Å²) in [6.45, 7) is 0. The van der Waals surface area contributed by atoms with E-state index in [0.717, 1.165) is 23.3 Å². The Balaban J connectivity index is 2.02. The zero-order valence-electron chi connectivity index (χ0n) is 8.71. The number of nitrogens with one attached hydrogen (secondary N) is 1. The van der Waals surface area contributed by atoms with E-state index in [4.69, 9.17) is 0 Å². The van der Waals surface area contributed by atoms with Crippen molar-refractivity contribution in [2.45, 2.75) is 6.42 Å². The molecule has 17 heavy (non-hydrogen) atoms. The highest BCUT2D eigenvalue weighted by atomic mass is 79.9. The Labute approximate surface area is 110 Å². The zero-order chi connectivity index (χ0) is 11.8. The first-order valence-electron chi connectivity index (χ1n) is 5.07. The van der Waals surface area contributed by atoms with Crippen molar-refractivity contribution < 1.29 is 4.39 Å². The molecule has 1 aromatic carbocycles. The van der Waals surface area contributed by atoms with Crippen molar-refractivity contribution in [1.29, 1.82) is 0 Å². The van der Waals surface area contributed by atoms with E-state index in [1.807, 2.05) is 5.38 Å². The normalized spacial score (nSPS) is 11.2. The predicted molar refractivity (Wildman–Crippen MR) is 70.9 cm³/mol. The molecule has 0 fully saturated rings. The van der Waals surface area contributed by atoms with Gasteiger partial charge in [-0.3, -0.25) is 0 Å². The molecule has 0 atom stereocenters. The van der Waals surface area contributed by atoms with Gasteiger partial charge in [-0.2, -0.15) is 11.3 Å². The van der Waals surface area contributed by atoms with E-state index in [1.54, 1.807) is 17.4 Å². The molecule has 0 aliphatic carbocycles. The topological polar surface area (TPSA) is 28.7 Å². The van der Waals surface area contributed by atoms with E-state index in [9.17, 15) is 4.39 Å². The van der Waals surface area contributed by atoms with Crippen molar-refractivity contribution in [3.8, 4) is 0 Å². The molecule has 2 nitrogen and oxygen atoms in total. The summed E-state index contributed by atoms with van der Waals surface area (Å²) >= 11 is 4.82. The number of benzene rings is 1. The summed E-state index contributed by atoms with van der Waals surface area (Å²) in [6, 6.07) is 5.22. The molecule has 0 saturated carbocycles. The highest BCUT2D eigenvalue weighted by Gasteiger charge is 2.07. The van der Waals surface area contributed by atoms with Gasteiger partial charge in [0.2, 0.25) is 0 Å². The van der Waals surface area contributed by atoms with Crippen molar-refractivity contribution in [2.24, 2.45) is 0 Å². The largest absolute Gasteiger partial charge is 0.342 e. The molecule has 2 aromatic heterocycles. The van der Waals surface area contributed by atoms with Crippen LogP contribution in [0.2, 0.25) is 0 Å². The van der Waals surface area contributed by atoms with Gasteiger partial charge in [0.1, 0.15) is 11.6 Å². The minimum Gasteiger partial charge on any atom is -0.342 e. The summed E-state index contributed by atoms with van der Waals surface area (Å²) in [4.78, 5) is 7.58. The van der Waals surface area contributed by atoms with Crippen molar-refractivity contribution in [2.75, 3.05) is 0 Å². The number of hydrogen-bond donors (Lipinski definition) is 1. The molecule has 0 saturated heterocycles. The van der Waals surface area contributed by atoms with Crippen LogP contribution in [-0.2, 0) is 6.42 Å².